The molecule has 1 aromatic carbocycles. The highest BCUT2D eigenvalue weighted by atomic mass is 32.2. The molecule has 1 aliphatic heterocycles. The minimum absolute atomic E-state index is 0.0650. The van der Waals surface area contributed by atoms with E-state index in [0.717, 1.165) is 11.3 Å². The van der Waals surface area contributed by atoms with Crippen molar-refractivity contribution in [3.8, 4) is 16.5 Å². The zero-order valence-corrected chi connectivity index (χ0v) is 22.8. The number of halogens is 2. The summed E-state index contributed by atoms with van der Waals surface area (Å²) in [5, 5.41) is 13.5. The fourth-order valence-electron chi connectivity index (χ4n) is 4.12. The predicted molar refractivity (Wildman–Crippen MR) is 141 cm³/mol. The molecule has 0 spiro atoms. The van der Waals surface area contributed by atoms with Crippen LogP contribution in [0.2, 0.25) is 0 Å². The van der Waals surface area contributed by atoms with Crippen molar-refractivity contribution in [1.29, 1.82) is 0 Å². The van der Waals surface area contributed by atoms with Crippen LogP contribution in [-0.4, -0.2) is 76.9 Å². The van der Waals surface area contributed by atoms with Crippen molar-refractivity contribution in [2.75, 3.05) is 31.0 Å². The smallest absolute Gasteiger partial charge is 0.355 e. The number of aromatic nitrogens is 3. The number of β-amino-alcohol motifs (C(OH)–C–C–N with tert-alkyl or cyclic N) is 1. The van der Waals surface area contributed by atoms with Crippen LogP contribution in [0.15, 0.2) is 42.9 Å². The van der Waals surface area contributed by atoms with Gasteiger partial charge in [-0.25, -0.2) is 18.4 Å². The van der Waals surface area contributed by atoms with Crippen molar-refractivity contribution >= 4 is 33.0 Å². The molecule has 3 heterocycles. The monoisotopic (exact) mass is 582 g/mol. The van der Waals surface area contributed by atoms with Gasteiger partial charge in [-0.3, -0.25) is 19.4 Å². The lowest BCUT2D eigenvalue weighted by Gasteiger charge is -2.26. The molecule has 4 rings (SSSR count). The summed E-state index contributed by atoms with van der Waals surface area (Å²) in [6.07, 6.45) is 5.06. The molecule has 3 aromatic rings. The highest BCUT2D eigenvalue weighted by molar-refractivity contribution is 7.93. The van der Waals surface area contributed by atoms with Gasteiger partial charge in [0, 0.05) is 31.5 Å². The van der Waals surface area contributed by atoms with Crippen LogP contribution in [-0.2, 0) is 10.0 Å². The first-order valence-corrected chi connectivity index (χ1v) is 14.4. The van der Waals surface area contributed by atoms with Gasteiger partial charge in [0.15, 0.2) is 5.01 Å². The summed E-state index contributed by atoms with van der Waals surface area (Å²) in [6.45, 7) is 5.20. The third-order valence-electron chi connectivity index (χ3n) is 5.92. The second kappa shape index (κ2) is 11.9. The Morgan fingerprint density at radius 3 is 2.79 bits per heavy atom. The molecule has 39 heavy (non-hydrogen) atoms. The summed E-state index contributed by atoms with van der Waals surface area (Å²) in [6, 6.07) is 5.22. The number of sulfonamides is 1. The zero-order chi connectivity index (χ0) is 28.2. The molecule has 0 saturated carbocycles. The number of carbonyl (C=O) groups excluding carboxylic acids is 1. The topological polar surface area (TPSA) is 147 Å². The highest BCUT2D eigenvalue weighted by Crippen LogP contribution is 2.28. The van der Waals surface area contributed by atoms with Gasteiger partial charge in [-0.1, -0.05) is 12.1 Å². The average Bonchev–Trinajstić information content (AvgIpc) is 3.50. The molecule has 0 bridgehead atoms. The van der Waals surface area contributed by atoms with E-state index in [1.54, 1.807) is 13.0 Å². The van der Waals surface area contributed by atoms with Gasteiger partial charge in [-0.2, -0.15) is 8.78 Å². The van der Waals surface area contributed by atoms with Crippen molar-refractivity contribution in [2.24, 2.45) is 0 Å². The van der Waals surface area contributed by atoms with Gasteiger partial charge in [-0.15, -0.1) is 11.3 Å². The number of hydrogen-bond donors (Lipinski definition) is 3. The molecular weight excluding hydrogens is 554 g/mol. The molecule has 1 aliphatic rings. The number of aliphatic hydroxyl groups is 1. The Bertz CT molecular complexity index is 1420. The van der Waals surface area contributed by atoms with E-state index in [0.29, 0.717) is 48.1 Å². The largest absolute Gasteiger partial charge is 0.477 e. The second-order valence-corrected chi connectivity index (χ2v) is 11.9. The van der Waals surface area contributed by atoms with E-state index in [9.17, 15) is 27.1 Å². The maximum atomic E-state index is 13.2. The lowest BCUT2D eigenvalue weighted by atomic mass is 10.1. The van der Waals surface area contributed by atoms with Crippen molar-refractivity contribution in [3.05, 3.63) is 53.4 Å². The molecule has 15 heteroatoms. The molecule has 1 amide bonds. The van der Waals surface area contributed by atoms with Gasteiger partial charge >= 0.3 is 5.76 Å². The number of amides is 1. The van der Waals surface area contributed by atoms with Crippen LogP contribution in [0.5, 0.6) is 5.88 Å². The number of likely N-dealkylation sites (tertiary alicyclic amines) is 1. The van der Waals surface area contributed by atoms with Crippen molar-refractivity contribution in [2.45, 2.75) is 37.7 Å². The van der Waals surface area contributed by atoms with Gasteiger partial charge in [0.25, 0.3) is 15.9 Å². The summed E-state index contributed by atoms with van der Waals surface area (Å²) in [5.74, 6) is -3.74. The molecule has 11 nitrogen and oxygen atoms in total. The van der Waals surface area contributed by atoms with Crippen LogP contribution in [0.1, 0.15) is 41.7 Å². The first kappa shape index (κ1) is 28.7. The third-order valence-corrected chi connectivity index (χ3v) is 7.93. The summed E-state index contributed by atoms with van der Waals surface area (Å²) in [4.78, 5) is 28.5. The predicted octanol–water partition coefficient (Wildman–Crippen LogP) is 2.89. The minimum Gasteiger partial charge on any atom is -0.477 e. The molecular formula is C24H28F2N6O5S2. The lowest BCUT2D eigenvalue weighted by Crippen LogP contribution is -2.39. The van der Waals surface area contributed by atoms with Crippen LogP contribution in [0.3, 0.4) is 0 Å². The fraction of sp³-hybridized carbons (Fsp3) is 0.417. The van der Waals surface area contributed by atoms with Crippen LogP contribution >= 0.6 is 11.3 Å². The van der Waals surface area contributed by atoms with Crippen LogP contribution in [0.4, 0.5) is 14.5 Å². The third kappa shape index (κ3) is 7.44. The summed E-state index contributed by atoms with van der Waals surface area (Å²) >= 11 is 1.10. The van der Waals surface area contributed by atoms with E-state index in [1.807, 2.05) is 16.5 Å². The maximum absolute atomic E-state index is 13.2. The number of alkyl halides is 2. The molecule has 2 aromatic heterocycles. The Labute approximate surface area is 228 Å². The molecule has 0 unspecified atom stereocenters. The number of thiazole rings is 1. The standard InChI is InChI=1S/C24H28F2N6O5S2/c1-3-37-20-12-27-10-17(29-20)19-11-28-22(38-19)21(33)30-18(13-32-8-7-24(2,34)14-32)15-5-4-6-16(9-15)31-39(35,36)23(25)26/h4-6,9-12,18,23,31,34H,3,7-8,13-14H2,1-2H3,(H,30,33)/t18-,24-/m0/s1. The van der Waals surface area contributed by atoms with Gasteiger partial charge in [0.1, 0.15) is 5.69 Å². The van der Waals surface area contributed by atoms with E-state index >= 15 is 0 Å². The highest BCUT2D eigenvalue weighted by Gasteiger charge is 2.33. The summed E-state index contributed by atoms with van der Waals surface area (Å²) in [5.41, 5.74) is 0.0263. The van der Waals surface area contributed by atoms with Crippen LogP contribution in [0, 0.1) is 0 Å². The number of nitrogens with zero attached hydrogens (tertiary/aromatic N) is 4. The van der Waals surface area contributed by atoms with Gasteiger partial charge in [-0.05, 0) is 38.0 Å². The van der Waals surface area contributed by atoms with E-state index in [2.05, 4.69) is 20.3 Å². The maximum Gasteiger partial charge on any atom is 0.355 e. The Hall–Kier alpha value is -3.27. The molecule has 3 N–H and O–H groups in total. The van der Waals surface area contributed by atoms with Gasteiger partial charge in [0.2, 0.25) is 5.88 Å². The number of nitrogens with one attached hydrogen (secondary N) is 2. The Morgan fingerprint density at radius 1 is 1.31 bits per heavy atom. The number of hydrogen-bond acceptors (Lipinski definition) is 10. The lowest BCUT2D eigenvalue weighted by molar-refractivity contribution is 0.0671. The van der Waals surface area contributed by atoms with Crippen LogP contribution in [0.25, 0.3) is 10.6 Å². The van der Waals surface area contributed by atoms with Crippen molar-refractivity contribution in [1.82, 2.24) is 25.2 Å². The molecule has 1 fully saturated rings. The minimum atomic E-state index is -4.87. The SMILES string of the molecule is CCOc1cncc(-c2cnc(C(=O)N[C@@H](CN3CC[C@](C)(O)C3)c3cccc(NS(=O)(=O)C(F)F)c3)s2)n1. The van der Waals surface area contributed by atoms with E-state index < -0.39 is 33.3 Å². The molecule has 2 atom stereocenters. The molecule has 210 valence electrons. The van der Waals surface area contributed by atoms with E-state index in [4.69, 9.17) is 4.74 Å². The summed E-state index contributed by atoms with van der Waals surface area (Å²) in [7, 11) is -4.87. The average molecular weight is 583 g/mol. The van der Waals surface area contributed by atoms with E-state index in [-0.39, 0.29) is 17.2 Å². The van der Waals surface area contributed by atoms with E-state index in [1.165, 1.54) is 36.8 Å². The number of benzene rings is 1. The Kier molecular flexibility index (Phi) is 8.73. The Balaban J connectivity index is 1.57. The summed E-state index contributed by atoms with van der Waals surface area (Å²) < 4.78 is 56.4. The molecule has 0 aliphatic carbocycles. The quantitative estimate of drug-likeness (QED) is 0.311. The number of ether oxygens (including phenoxy) is 1. The number of anilines is 1. The van der Waals surface area contributed by atoms with Crippen molar-refractivity contribution < 1.29 is 31.8 Å². The Morgan fingerprint density at radius 2 is 2.10 bits per heavy atom. The molecule has 0 radical (unpaired) electrons. The van der Waals surface area contributed by atoms with Gasteiger partial charge in [0.05, 0.1) is 35.5 Å². The normalized spacial score (nSPS) is 18.7. The first-order chi connectivity index (χ1) is 18.5. The first-order valence-electron chi connectivity index (χ1n) is 12.0. The van der Waals surface area contributed by atoms with Crippen molar-refractivity contribution in [3.63, 3.8) is 0 Å². The van der Waals surface area contributed by atoms with Gasteiger partial charge < -0.3 is 15.2 Å². The zero-order valence-electron chi connectivity index (χ0n) is 21.2. The molecule has 1 saturated heterocycles. The fourth-order valence-corrected chi connectivity index (χ4v) is 5.43. The van der Waals surface area contributed by atoms with Crippen LogP contribution < -0.4 is 14.8 Å². The second-order valence-electron chi connectivity index (χ2n) is 9.25. The number of carbonyl (C=O) groups is 1. The number of rotatable bonds is 11.